The van der Waals surface area contributed by atoms with Crippen LogP contribution in [0.1, 0.15) is 139 Å². The number of ether oxygens (including phenoxy) is 7. The lowest BCUT2D eigenvalue weighted by Gasteiger charge is -2.20. The molecular formula is C49H82O14. The van der Waals surface area contributed by atoms with Crippen LogP contribution in [0.2, 0.25) is 0 Å². The molecule has 0 radical (unpaired) electrons. The van der Waals surface area contributed by atoms with E-state index in [0.717, 1.165) is 57.4 Å². The molecule has 0 aromatic heterocycles. The smallest absolute Gasteiger partial charge is 0.333 e. The van der Waals surface area contributed by atoms with Gasteiger partial charge in [0.15, 0.2) is 0 Å². The Morgan fingerprint density at radius 2 is 0.825 bits per heavy atom. The number of rotatable bonds is 21. The summed E-state index contributed by atoms with van der Waals surface area (Å²) < 4.78 is 32.6. The highest BCUT2D eigenvalue weighted by Gasteiger charge is 2.15. The van der Waals surface area contributed by atoms with Crippen LogP contribution < -0.4 is 0 Å². The van der Waals surface area contributed by atoms with E-state index >= 15 is 0 Å². The molecule has 0 heterocycles. The third-order valence-corrected chi connectivity index (χ3v) is 7.01. The van der Waals surface area contributed by atoms with Gasteiger partial charge in [0, 0.05) is 41.0 Å². The largest absolute Gasteiger partial charge is 0.466 e. The molecule has 1 fully saturated rings. The SMILES string of the molecule is C=C(C)C(=O)OC.C=C(C)C(=O)OCC.C=C(C)C(=O)OCCCC.C=CC(=O)OC1CCCCC1.C=CC(=O)OCC.C=CC(=O)OCCCC.C=CC(=O)OCCCCCC. The monoisotopic (exact) mass is 895 g/mol. The van der Waals surface area contributed by atoms with Crippen LogP contribution in [0.4, 0.5) is 0 Å². The Kier molecular flexibility index (Phi) is 59.8. The van der Waals surface area contributed by atoms with Crippen LogP contribution in [0.15, 0.2) is 87.1 Å². The first-order valence-electron chi connectivity index (χ1n) is 21.4. The molecule has 1 aliphatic carbocycles. The van der Waals surface area contributed by atoms with Gasteiger partial charge in [0.2, 0.25) is 0 Å². The van der Waals surface area contributed by atoms with Gasteiger partial charge in [0.1, 0.15) is 6.10 Å². The Bertz CT molecular complexity index is 1320. The average Bonchev–Trinajstić information content (AvgIpc) is 3.27. The van der Waals surface area contributed by atoms with Gasteiger partial charge in [-0.1, -0.05) is 105 Å². The second-order valence-electron chi connectivity index (χ2n) is 13.1. The average molecular weight is 895 g/mol. The summed E-state index contributed by atoms with van der Waals surface area (Å²) in [6.45, 7) is 40.4. The minimum absolute atomic E-state index is 0.161. The fraction of sp³-hybridized carbons (Fsp3) is 0.571. The zero-order chi connectivity index (χ0) is 49.9. The highest BCUT2D eigenvalue weighted by atomic mass is 16.6. The molecule has 362 valence electrons. The van der Waals surface area contributed by atoms with Gasteiger partial charge in [-0.05, 0) is 79.6 Å². The Balaban J connectivity index is -0.000000152. The molecular weight excluding hydrogens is 813 g/mol. The number of carbonyl (C=O) groups excluding carboxylic acids is 7. The lowest BCUT2D eigenvalue weighted by Crippen LogP contribution is -2.19. The van der Waals surface area contributed by atoms with Crippen molar-refractivity contribution in [1.82, 2.24) is 0 Å². The van der Waals surface area contributed by atoms with Crippen LogP contribution >= 0.6 is 0 Å². The first kappa shape index (κ1) is 69.2. The summed E-state index contributed by atoms with van der Waals surface area (Å²) in [5.74, 6) is -2.23. The van der Waals surface area contributed by atoms with Crippen LogP contribution in [-0.2, 0) is 66.7 Å². The molecule has 0 saturated heterocycles. The summed E-state index contributed by atoms with van der Waals surface area (Å²) in [5.41, 5.74) is 1.35. The normalized spacial score (nSPS) is 10.4. The van der Waals surface area contributed by atoms with Crippen LogP contribution in [0.5, 0.6) is 0 Å². The number of unbranched alkanes of at least 4 members (excludes halogenated alkanes) is 5. The number of hydrogen-bond acceptors (Lipinski definition) is 14. The quantitative estimate of drug-likeness (QED) is 0.0459. The van der Waals surface area contributed by atoms with E-state index in [-0.39, 0.29) is 47.9 Å². The van der Waals surface area contributed by atoms with E-state index in [1.165, 1.54) is 57.4 Å². The minimum Gasteiger partial charge on any atom is -0.466 e. The van der Waals surface area contributed by atoms with Crippen molar-refractivity contribution in [2.45, 2.75) is 145 Å². The molecule has 1 rings (SSSR count). The topological polar surface area (TPSA) is 184 Å². The van der Waals surface area contributed by atoms with Crippen molar-refractivity contribution in [3.05, 3.63) is 87.1 Å². The molecule has 0 aromatic rings. The highest BCUT2D eigenvalue weighted by molar-refractivity contribution is 5.87. The van der Waals surface area contributed by atoms with Crippen molar-refractivity contribution >= 4 is 41.8 Å². The van der Waals surface area contributed by atoms with Crippen LogP contribution in [0, 0.1) is 0 Å². The zero-order valence-corrected chi connectivity index (χ0v) is 40.3. The lowest BCUT2D eigenvalue weighted by molar-refractivity contribution is -0.144. The molecule has 1 aliphatic rings. The molecule has 14 nitrogen and oxygen atoms in total. The van der Waals surface area contributed by atoms with Gasteiger partial charge in [-0.2, -0.15) is 0 Å². The Morgan fingerprint density at radius 3 is 1.13 bits per heavy atom. The van der Waals surface area contributed by atoms with Crippen LogP contribution in [0.25, 0.3) is 0 Å². The first-order valence-corrected chi connectivity index (χ1v) is 21.4. The summed E-state index contributed by atoms with van der Waals surface area (Å²) >= 11 is 0. The van der Waals surface area contributed by atoms with Crippen molar-refractivity contribution in [2.75, 3.05) is 40.1 Å². The van der Waals surface area contributed by atoms with E-state index in [1.807, 2.05) is 6.92 Å². The fourth-order valence-corrected chi connectivity index (χ4v) is 3.59. The maximum Gasteiger partial charge on any atom is 0.333 e. The maximum absolute atomic E-state index is 10.7. The number of hydrogen-bond donors (Lipinski definition) is 0. The molecule has 1 saturated carbocycles. The third kappa shape index (κ3) is 63.2. The van der Waals surface area contributed by atoms with Gasteiger partial charge in [-0.25, -0.2) is 33.6 Å². The zero-order valence-electron chi connectivity index (χ0n) is 40.3. The molecule has 0 aliphatic heterocycles. The number of carbonyl (C=O) groups is 7. The Morgan fingerprint density at radius 1 is 0.460 bits per heavy atom. The number of methoxy groups -OCH3 is 1. The summed E-state index contributed by atoms with van der Waals surface area (Å²) in [4.78, 5) is 73.0. The van der Waals surface area contributed by atoms with E-state index in [4.69, 9.17) is 14.2 Å². The number of esters is 7. The Hall–Kier alpha value is -5.53. The van der Waals surface area contributed by atoms with Gasteiger partial charge < -0.3 is 33.2 Å². The maximum atomic E-state index is 10.7. The molecule has 0 spiro atoms. The van der Waals surface area contributed by atoms with E-state index in [2.05, 4.69) is 78.8 Å². The molecule has 0 bridgehead atoms. The van der Waals surface area contributed by atoms with Gasteiger partial charge >= 0.3 is 41.8 Å². The second kappa shape index (κ2) is 54.5. The van der Waals surface area contributed by atoms with Crippen molar-refractivity contribution in [1.29, 1.82) is 0 Å². The summed E-state index contributed by atoms with van der Waals surface area (Å²) in [6, 6.07) is 0. The van der Waals surface area contributed by atoms with Crippen molar-refractivity contribution in [3.63, 3.8) is 0 Å². The standard InChI is InChI=1S/C9H14O2.C9H16O2.C8H14O2.C7H12O2.C6H10O2.2C5H8O2/c1-2-9(10)11-8-6-4-3-5-7-8;1-3-5-6-7-8-11-9(10)4-2;1-4-5-6-10-8(9)7(2)3;1-3-5-6-9-7(8)4-2;1-4-8-6(7)5(2)3;1-4(2)5(6)7-3;1-3-5(6)7-4-2/h2,8H,1,3-7H2;4H,2-3,5-8H2,1H3;2,4-6H2,1,3H3;4H,2-3,5-6H2,1H3;2,4H2,1,3H3;1H2,2-3H3;3H,1,4H2,2H3. The van der Waals surface area contributed by atoms with E-state index < -0.39 is 0 Å². The van der Waals surface area contributed by atoms with Crippen molar-refractivity contribution in [2.24, 2.45) is 0 Å². The molecule has 63 heavy (non-hydrogen) atoms. The van der Waals surface area contributed by atoms with Crippen LogP contribution in [-0.4, -0.2) is 88.0 Å². The van der Waals surface area contributed by atoms with Crippen LogP contribution in [0.3, 0.4) is 0 Å². The molecule has 0 aromatic carbocycles. The molecule has 0 unspecified atom stereocenters. The summed E-state index contributed by atoms with van der Waals surface area (Å²) in [6.07, 6.45) is 19.1. The summed E-state index contributed by atoms with van der Waals surface area (Å²) in [7, 11) is 1.33. The van der Waals surface area contributed by atoms with Crippen molar-refractivity contribution in [3.8, 4) is 0 Å². The minimum atomic E-state index is -0.359. The van der Waals surface area contributed by atoms with E-state index in [9.17, 15) is 33.6 Å². The highest BCUT2D eigenvalue weighted by Crippen LogP contribution is 2.20. The van der Waals surface area contributed by atoms with Gasteiger partial charge in [0.25, 0.3) is 0 Å². The van der Waals surface area contributed by atoms with E-state index in [1.54, 1.807) is 34.6 Å². The predicted molar refractivity (Wildman–Crippen MR) is 250 cm³/mol. The lowest BCUT2D eigenvalue weighted by atomic mass is 9.98. The van der Waals surface area contributed by atoms with Gasteiger partial charge in [-0.3, -0.25) is 0 Å². The van der Waals surface area contributed by atoms with E-state index in [0.29, 0.717) is 49.8 Å². The molecule has 0 amide bonds. The fourth-order valence-electron chi connectivity index (χ4n) is 3.59. The Labute approximate surface area is 379 Å². The third-order valence-electron chi connectivity index (χ3n) is 7.01. The molecule has 0 atom stereocenters. The second-order valence-corrected chi connectivity index (χ2v) is 13.1. The van der Waals surface area contributed by atoms with Gasteiger partial charge in [-0.15, -0.1) is 0 Å². The molecule has 0 N–H and O–H groups in total. The predicted octanol–water partition coefficient (Wildman–Crippen LogP) is 10.4. The first-order chi connectivity index (χ1) is 29.8. The van der Waals surface area contributed by atoms with Gasteiger partial charge in [0.05, 0.1) is 40.1 Å². The van der Waals surface area contributed by atoms with Crippen molar-refractivity contribution < 1.29 is 66.7 Å². The summed E-state index contributed by atoms with van der Waals surface area (Å²) in [5, 5.41) is 0. The molecule has 14 heteroatoms.